The van der Waals surface area contributed by atoms with Crippen molar-refractivity contribution in [1.82, 2.24) is 10.6 Å². The monoisotopic (exact) mass is 1230 g/mol. The topological polar surface area (TPSA) is 603 Å². The molecular weight excluding hydrogens is 1160 g/mol. The maximum Gasteiger partial charge on any atom is 0.217 e. The Labute approximate surface area is 475 Å². The Kier molecular flexibility index (Phi) is 24.6. The standard InChI is InChI=1S/C46H78N2O36/c1-10(55)47-19-26(62)35(16(7-53)73-40(19)71)80-41-20(48-11(2)56)27(63)36(17(8-54)78-41)81-45-34(70)38(83-46-39(30(66)23(59)14(5-51)77-46)84-44-32(68)29(65)22(58)13(4-50)76-44)25(61)18(79-45)9-72-42-33(69)37(24(60)15(6-52)74-42)82-43-31(67)28(64)21(57)12(3-49)75-43/h12-46,49-54,57-71H,3-9H2,1-2H3,(H,47,55)(H,48,56)/t12-,13-,14-,15-,16-,17-,18-,19-,20-,21-,22-,23-,24-,25-,26-,27-,28+,29+,30+,31+,32+,33-,34-,35-,36-,37+,38+,39+,40-,41+,42+,43-,44-,45+,46-/m1/s1. The summed E-state index contributed by atoms with van der Waals surface area (Å²) < 4.78 is 74.6. The fourth-order valence-corrected chi connectivity index (χ4v) is 10.7. The summed E-state index contributed by atoms with van der Waals surface area (Å²) in [6.07, 6.45) is -65.9. The molecule has 23 N–H and O–H groups in total. The van der Waals surface area contributed by atoms with Gasteiger partial charge in [0.05, 0.1) is 46.2 Å². The first-order valence-corrected chi connectivity index (χ1v) is 26.6. The van der Waals surface area contributed by atoms with E-state index in [0.29, 0.717) is 0 Å². The predicted octanol–water partition coefficient (Wildman–Crippen LogP) is -16.0. The lowest BCUT2D eigenvalue weighted by atomic mass is 9.94. The van der Waals surface area contributed by atoms with Crippen molar-refractivity contribution in [2.24, 2.45) is 0 Å². The third-order valence-corrected chi connectivity index (χ3v) is 15.3. The van der Waals surface area contributed by atoms with Gasteiger partial charge in [-0.15, -0.1) is 0 Å². The van der Waals surface area contributed by atoms with E-state index in [1.807, 2.05) is 0 Å². The highest BCUT2D eigenvalue weighted by Gasteiger charge is 2.59. The lowest BCUT2D eigenvalue weighted by Gasteiger charge is -2.50. The molecule has 0 aromatic rings. The summed E-state index contributed by atoms with van der Waals surface area (Å²) in [6, 6.07) is -3.40. The summed E-state index contributed by atoms with van der Waals surface area (Å²) >= 11 is 0. The fraction of sp³-hybridized carbons (Fsp3) is 0.957. The van der Waals surface area contributed by atoms with Gasteiger partial charge in [-0.25, -0.2) is 0 Å². The van der Waals surface area contributed by atoms with E-state index in [-0.39, 0.29) is 0 Å². The minimum Gasteiger partial charge on any atom is -0.394 e. The van der Waals surface area contributed by atoms with Crippen molar-refractivity contribution >= 4 is 11.8 Å². The Morgan fingerprint density at radius 3 is 1.14 bits per heavy atom. The fourth-order valence-electron chi connectivity index (χ4n) is 10.7. The molecule has 7 aliphatic heterocycles. The van der Waals surface area contributed by atoms with Crippen LogP contribution < -0.4 is 10.6 Å². The Hall–Kier alpha value is -2.42. The van der Waals surface area contributed by atoms with E-state index in [1.54, 1.807) is 0 Å². The number of nitrogens with one attached hydrogen (secondary N) is 2. The molecule has 35 atom stereocenters. The number of amides is 2. The molecule has 0 aromatic heterocycles. The van der Waals surface area contributed by atoms with Crippen molar-refractivity contribution in [3.63, 3.8) is 0 Å². The quantitative estimate of drug-likeness (QED) is 0.0507. The highest BCUT2D eigenvalue weighted by Crippen LogP contribution is 2.38. The van der Waals surface area contributed by atoms with Crippen LogP contribution in [0.3, 0.4) is 0 Å². The number of carbonyl (C=O) groups excluding carboxylic acids is 2. The largest absolute Gasteiger partial charge is 0.394 e. The molecular formula is C46H78N2O36. The van der Waals surface area contributed by atoms with Crippen molar-refractivity contribution < 1.29 is 178 Å². The number of hydrogen-bond acceptors (Lipinski definition) is 36. The van der Waals surface area contributed by atoms with E-state index in [4.69, 9.17) is 61.6 Å². The van der Waals surface area contributed by atoms with Crippen LogP contribution in [0, 0.1) is 0 Å². The summed E-state index contributed by atoms with van der Waals surface area (Å²) in [6.45, 7) is -5.04. The zero-order chi connectivity index (χ0) is 61.9. The van der Waals surface area contributed by atoms with Crippen LogP contribution in [-0.2, 0) is 71.2 Å². The van der Waals surface area contributed by atoms with E-state index >= 15 is 0 Å². The van der Waals surface area contributed by atoms with Crippen LogP contribution in [0.15, 0.2) is 0 Å². The number of carbonyl (C=O) groups is 2. The zero-order valence-corrected chi connectivity index (χ0v) is 44.7. The molecule has 7 rings (SSSR count). The van der Waals surface area contributed by atoms with E-state index in [1.165, 1.54) is 0 Å². The molecule has 0 spiro atoms. The Balaban J connectivity index is 1.20. The van der Waals surface area contributed by atoms with Gasteiger partial charge in [-0.05, 0) is 0 Å². The second-order valence-corrected chi connectivity index (χ2v) is 21.1. The van der Waals surface area contributed by atoms with Gasteiger partial charge in [-0.3, -0.25) is 9.59 Å². The van der Waals surface area contributed by atoms with Crippen molar-refractivity contribution in [2.75, 3.05) is 46.2 Å². The molecule has 2 amide bonds. The Bertz CT molecular complexity index is 2060. The van der Waals surface area contributed by atoms with Gasteiger partial charge in [0.15, 0.2) is 44.0 Å². The van der Waals surface area contributed by atoms with Gasteiger partial charge in [-0.1, -0.05) is 0 Å². The molecule has 7 fully saturated rings. The molecule has 0 saturated carbocycles. The molecule has 38 heteroatoms. The van der Waals surface area contributed by atoms with E-state index < -0.39 is 273 Å². The second-order valence-electron chi connectivity index (χ2n) is 21.1. The van der Waals surface area contributed by atoms with Crippen LogP contribution >= 0.6 is 0 Å². The SMILES string of the molecule is CC(=O)N[C@@H]1[C@@H](O)[C@H](O[C@@H]2O[C@H](CO)[C@@H](O[C@@H]3O[C@H](CO[C@H]4O[C@H](CO)[C@@H](O)[C@H](O[C@H]5O[C@H](CO)[C@@H](O)[C@H](O)[C@@H]5O)[C@H]4O)[C@@H](O)[C@H](O[C@H]4O[C@H](CO)[C@@H](O)[C@H](O)[C@@H]4O[C@H]4O[C@H](CO)[C@@H](O)[C@H](O)[C@@H]4O)[C@H]3O)[C@H](O)[C@H]2NC(C)=O)[C@@H](CO)O[C@H]1O. The molecule has 0 aromatic carbocycles. The molecule has 0 radical (unpaired) electrons. The third kappa shape index (κ3) is 14.7. The molecule has 7 heterocycles. The normalized spacial score (nSPS) is 50.3. The van der Waals surface area contributed by atoms with Crippen molar-refractivity contribution in [3.05, 3.63) is 0 Å². The summed E-state index contributed by atoms with van der Waals surface area (Å²) in [7, 11) is 0. The third-order valence-electron chi connectivity index (χ3n) is 15.3. The van der Waals surface area contributed by atoms with Crippen LogP contribution in [0.4, 0.5) is 0 Å². The highest BCUT2D eigenvalue weighted by atomic mass is 16.8. The number of rotatable bonds is 21. The molecule has 84 heavy (non-hydrogen) atoms. The molecule has 7 aliphatic rings. The molecule has 0 aliphatic carbocycles. The maximum absolute atomic E-state index is 12.7. The van der Waals surface area contributed by atoms with Crippen molar-refractivity contribution in [2.45, 2.75) is 229 Å². The number of aliphatic hydroxyl groups excluding tert-OH is 21. The van der Waals surface area contributed by atoms with Crippen molar-refractivity contribution in [1.29, 1.82) is 0 Å². The highest BCUT2D eigenvalue weighted by molar-refractivity contribution is 5.73. The number of hydrogen-bond donors (Lipinski definition) is 23. The van der Waals surface area contributed by atoms with Gasteiger partial charge < -0.3 is 179 Å². The van der Waals surface area contributed by atoms with Crippen molar-refractivity contribution in [3.8, 4) is 0 Å². The average Bonchev–Trinajstić information content (AvgIpc) is 2.62. The second kappa shape index (κ2) is 29.9. The zero-order valence-electron chi connectivity index (χ0n) is 44.7. The van der Waals surface area contributed by atoms with E-state index in [0.717, 1.165) is 13.8 Å². The van der Waals surface area contributed by atoms with E-state index in [9.17, 15) is 117 Å². The van der Waals surface area contributed by atoms with Gasteiger partial charge in [0.1, 0.15) is 171 Å². The van der Waals surface area contributed by atoms with Crippen LogP contribution in [0.1, 0.15) is 13.8 Å². The minimum absolute atomic E-state index is 0.744. The minimum atomic E-state index is -2.41. The Morgan fingerprint density at radius 1 is 0.310 bits per heavy atom. The molecule has 488 valence electrons. The van der Waals surface area contributed by atoms with Gasteiger partial charge in [0, 0.05) is 13.8 Å². The maximum atomic E-state index is 12.7. The van der Waals surface area contributed by atoms with Crippen LogP contribution in [0.25, 0.3) is 0 Å². The summed E-state index contributed by atoms with van der Waals surface area (Å²) in [5.41, 5.74) is 0. The first-order valence-electron chi connectivity index (χ1n) is 26.6. The summed E-state index contributed by atoms with van der Waals surface area (Å²) in [5.74, 6) is -1.62. The van der Waals surface area contributed by atoms with Gasteiger partial charge in [0.2, 0.25) is 11.8 Å². The van der Waals surface area contributed by atoms with Gasteiger partial charge >= 0.3 is 0 Å². The molecule has 0 unspecified atom stereocenters. The molecule has 0 bridgehead atoms. The molecule has 38 nitrogen and oxygen atoms in total. The van der Waals surface area contributed by atoms with Crippen LogP contribution in [0.2, 0.25) is 0 Å². The van der Waals surface area contributed by atoms with Crippen LogP contribution in [0.5, 0.6) is 0 Å². The Morgan fingerprint density at radius 2 is 0.643 bits per heavy atom. The lowest BCUT2D eigenvalue weighted by Crippen LogP contribution is -2.70. The van der Waals surface area contributed by atoms with Crippen LogP contribution in [-0.4, -0.2) is 380 Å². The predicted molar refractivity (Wildman–Crippen MR) is 255 cm³/mol. The summed E-state index contributed by atoms with van der Waals surface area (Å²) in [5, 5.41) is 232. The van der Waals surface area contributed by atoms with Gasteiger partial charge in [-0.2, -0.15) is 0 Å². The first kappa shape index (κ1) is 69.1. The van der Waals surface area contributed by atoms with E-state index in [2.05, 4.69) is 10.6 Å². The number of aliphatic hydroxyl groups is 21. The first-order chi connectivity index (χ1) is 39.7. The lowest BCUT2D eigenvalue weighted by molar-refractivity contribution is -0.398. The van der Waals surface area contributed by atoms with Gasteiger partial charge in [0.25, 0.3) is 0 Å². The average molecular weight is 1240 g/mol. The summed E-state index contributed by atoms with van der Waals surface area (Å²) in [4.78, 5) is 24.7. The number of ether oxygens (including phenoxy) is 13. The molecule has 7 saturated heterocycles. The smallest absolute Gasteiger partial charge is 0.217 e.